The molecule has 0 aromatic heterocycles. The number of benzene rings is 2. The molecular formula is C12H10N3O4S-. The molecular weight excluding hydrogens is 282 g/mol. The Morgan fingerprint density at radius 3 is 1.80 bits per heavy atom. The summed E-state index contributed by atoms with van der Waals surface area (Å²) in [7, 11) is -5.17. The third-order valence-corrected chi connectivity index (χ3v) is 2.05. The first kappa shape index (κ1) is 15.6. The van der Waals surface area contributed by atoms with Gasteiger partial charge in [-0.05, 0) is 24.3 Å². The molecule has 0 saturated heterocycles. The van der Waals surface area contributed by atoms with Crippen LogP contribution in [0.15, 0.2) is 54.6 Å². The molecule has 20 heavy (non-hydrogen) atoms. The van der Waals surface area contributed by atoms with Crippen molar-refractivity contribution in [1.29, 1.82) is 5.39 Å². The summed E-state index contributed by atoms with van der Waals surface area (Å²) in [4.78, 5) is 3.09. The van der Waals surface area contributed by atoms with Gasteiger partial charge < -0.3 is 14.4 Å². The molecule has 0 atom stereocenters. The van der Waals surface area contributed by atoms with Crippen LogP contribution < -0.4 is 5.32 Å². The summed E-state index contributed by atoms with van der Waals surface area (Å²) in [5, 5.41) is 11.8. The van der Waals surface area contributed by atoms with Crippen molar-refractivity contribution in [3.63, 3.8) is 0 Å². The van der Waals surface area contributed by atoms with E-state index < -0.39 is 10.4 Å². The molecule has 0 unspecified atom stereocenters. The summed E-state index contributed by atoms with van der Waals surface area (Å²) in [6.45, 7) is 0. The number of para-hydroxylation sites is 1. The van der Waals surface area contributed by atoms with Crippen LogP contribution in [0.5, 0.6) is 0 Å². The first-order valence-corrected chi connectivity index (χ1v) is 6.66. The van der Waals surface area contributed by atoms with Crippen molar-refractivity contribution in [2.75, 3.05) is 5.32 Å². The molecule has 0 bridgehead atoms. The first-order chi connectivity index (χ1) is 9.38. The van der Waals surface area contributed by atoms with Crippen LogP contribution in [0.25, 0.3) is 4.98 Å². The number of diazo groups is 1. The number of rotatable bonds is 2. The van der Waals surface area contributed by atoms with E-state index in [0.29, 0.717) is 5.69 Å². The Balaban J connectivity index is 0.000000347. The Hall–Kier alpha value is -2.47. The Morgan fingerprint density at radius 2 is 1.35 bits per heavy atom. The average molecular weight is 292 g/mol. The lowest BCUT2D eigenvalue weighted by Crippen LogP contribution is -1.91. The van der Waals surface area contributed by atoms with Crippen LogP contribution in [-0.4, -0.2) is 17.5 Å². The van der Waals surface area contributed by atoms with Crippen molar-refractivity contribution >= 4 is 27.5 Å². The zero-order valence-electron chi connectivity index (χ0n) is 10.1. The molecule has 0 aliphatic heterocycles. The smallest absolute Gasteiger partial charge is 0.385 e. The fraction of sp³-hybridized carbons (Fsp3) is 0. The summed E-state index contributed by atoms with van der Waals surface area (Å²) in [5.41, 5.74) is 2.55. The number of anilines is 2. The van der Waals surface area contributed by atoms with E-state index >= 15 is 0 Å². The zero-order valence-corrected chi connectivity index (χ0v) is 10.9. The fourth-order valence-corrected chi connectivity index (χ4v) is 1.30. The molecule has 2 rings (SSSR count). The molecule has 104 valence electrons. The Labute approximate surface area is 116 Å². The van der Waals surface area contributed by atoms with Crippen LogP contribution in [0.3, 0.4) is 0 Å². The van der Waals surface area contributed by atoms with Crippen LogP contribution in [0.2, 0.25) is 0 Å². The molecule has 0 fully saturated rings. The van der Waals surface area contributed by atoms with Gasteiger partial charge in [-0.15, -0.1) is 0 Å². The lowest BCUT2D eigenvalue weighted by Gasteiger charge is -2.06. The van der Waals surface area contributed by atoms with E-state index in [2.05, 4.69) is 10.3 Å². The van der Waals surface area contributed by atoms with E-state index in [0.717, 1.165) is 11.4 Å². The number of hydrogen-bond acceptors (Lipinski definition) is 6. The fourth-order valence-electron chi connectivity index (χ4n) is 1.30. The predicted molar refractivity (Wildman–Crippen MR) is 71.4 cm³/mol. The molecule has 2 aromatic carbocycles. The van der Waals surface area contributed by atoms with Gasteiger partial charge in [-0.3, -0.25) is 8.42 Å². The van der Waals surface area contributed by atoms with Gasteiger partial charge in [-0.2, -0.15) is 0 Å². The maximum Gasteiger partial charge on any atom is 0.385 e. The SMILES string of the molecule is N#[N+]c1ccc(Nc2ccccc2)cc1.O=S(=O)([O-])[O-]. The number of nitrogens with zero attached hydrogens (tertiary/aromatic N) is 2. The normalized spacial score (nSPS) is 9.85. The van der Waals surface area contributed by atoms with E-state index in [-0.39, 0.29) is 0 Å². The minimum Gasteiger partial charge on any atom is -0.759 e. The standard InChI is InChI=1S/C12H10N3.H2O4S/c13-15-12-8-6-11(7-9-12)14-10-4-2-1-3-5-10;1-5(2,3)4/h1-9,14H;(H2,1,2,3,4)/q+1;/p-2. The summed E-state index contributed by atoms with van der Waals surface area (Å²) >= 11 is 0. The van der Waals surface area contributed by atoms with Gasteiger partial charge in [0.05, 0.1) is 0 Å². The lowest BCUT2D eigenvalue weighted by atomic mass is 10.2. The molecule has 1 N–H and O–H groups in total. The summed E-state index contributed by atoms with van der Waals surface area (Å²) in [6.07, 6.45) is 0. The van der Waals surface area contributed by atoms with Crippen LogP contribution in [-0.2, 0) is 10.4 Å². The molecule has 0 saturated carbocycles. The minimum absolute atomic E-state index is 0.550. The second-order valence-electron chi connectivity index (χ2n) is 3.55. The van der Waals surface area contributed by atoms with Gasteiger partial charge in [0, 0.05) is 33.9 Å². The molecule has 0 radical (unpaired) electrons. The first-order valence-electron chi connectivity index (χ1n) is 5.32. The third-order valence-electron chi connectivity index (χ3n) is 2.05. The van der Waals surface area contributed by atoms with Gasteiger partial charge >= 0.3 is 5.69 Å². The van der Waals surface area contributed by atoms with Crippen LogP contribution in [0.1, 0.15) is 0 Å². The van der Waals surface area contributed by atoms with Crippen LogP contribution in [0.4, 0.5) is 17.1 Å². The molecule has 0 heterocycles. The van der Waals surface area contributed by atoms with Gasteiger partial charge in [0.1, 0.15) is 0 Å². The Morgan fingerprint density at radius 1 is 0.900 bits per heavy atom. The molecule has 0 aliphatic rings. The molecule has 8 heteroatoms. The van der Waals surface area contributed by atoms with Crippen molar-refractivity contribution in [1.82, 2.24) is 0 Å². The quantitative estimate of drug-likeness (QED) is 0.516. The monoisotopic (exact) mass is 292 g/mol. The van der Waals surface area contributed by atoms with E-state index in [1.165, 1.54) is 0 Å². The van der Waals surface area contributed by atoms with Crippen molar-refractivity contribution < 1.29 is 17.5 Å². The second-order valence-corrected chi connectivity index (χ2v) is 4.36. The van der Waals surface area contributed by atoms with Crippen molar-refractivity contribution in [3.05, 3.63) is 59.6 Å². The molecule has 2 aromatic rings. The highest BCUT2D eigenvalue weighted by Gasteiger charge is 2.02. The maximum atomic E-state index is 8.52. The highest BCUT2D eigenvalue weighted by Crippen LogP contribution is 2.19. The zero-order chi connectivity index (χ0) is 15.0. The van der Waals surface area contributed by atoms with E-state index in [9.17, 15) is 0 Å². The van der Waals surface area contributed by atoms with Crippen molar-refractivity contribution in [2.45, 2.75) is 0 Å². The van der Waals surface area contributed by atoms with E-state index in [1.54, 1.807) is 12.1 Å². The molecule has 0 spiro atoms. The summed E-state index contributed by atoms with van der Waals surface area (Å²) in [6, 6.07) is 17.1. The summed E-state index contributed by atoms with van der Waals surface area (Å²) < 4.78 is 34.1. The maximum absolute atomic E-state index is 8.52. The summed E-state index contributed by atoms with van der Waals surface area (Å²) in [5.74, 6) is 0. The van der Waals surface area contributed by atoms with Crippen molar-refractivity contribution in [2.24, 2.45) is 0 Å². The third kappa shape index (κ3) is 7.07. The van der Waals surface area contributed by atoms with E-state index in [1.807, 2.05) is 42.5 Å². The van der Waals surface area contributed by atoms with Crippen LogP contribution in [0, 0.1) is 5.39 Å². The average Bonchev–Trinajstić information content (AvgIpc) is 2.39. The molecule has 7 nitrogen and oxygen atoms in total. The largest absolute Gasteiger partial charge is 0.759 e. The predicted octanol–water partition coefficient (Wildman–Crippen LogP) is 2.58. The molecule has 0 aliphatic carbocycles. The Kier molecular flexibility index (Phi) is 5.61. The van der Waals surface area contributed by atoms with Gasteiger partial charge in [-0.25, -0.2) is 0 Å². The molecule has 0 amide bonds. The highest BCUT2D eigenvalue weighted by molar-refractivity contribution is 7.79. The van der Waals surface area contributed by atoms with Gasteiger partial charge in [0.2, 0.25) is 5.39 Å². The van der Waals surface area contributed by atoms with Crippen LogP contribution >= 0.6 is 0 Å². The van der Waals surface area contributed by atoms with Crippen molar-refractivity contribution in [3.8, 4) is 0 Å². The Bertz CT molecular complexity index is 671. The van der Waals surface area contributed by atoms with Gasteiger partial charge in [0.15, 0.2) is 4.98 Å². The second kappa shape index (κ2) is 7.20. The van der Waals surface area contributed by atoms with Gasteiger partial charge in [0.25, 0.3) is 0 Å². The highest BCUT2D eigenvalue weighted by atomic mass is 32.3. The van der Waals surface area contributed by atoms with E-state index in [4.69, 9.17) is 22.9 Å². The minimum atomic E-state index is -5.17. The van der Waals surface area contributed by atoms with Gasteiger partial charge in [-0.1, -0.05) is 18.2 Å². The topological polar surface area (TPSA) is 120 Å². The number of nitrogens with one attached hydrogen (secondary N) is 1. The number of hydrogen-bond donors (Lipinski definition) is 1. The lowest BCUT2D eigenvalue weighted by molar-refractivity contribution is 0.352.